The van der Waals surface area contributed by atoms with E-state index in [9.17, 15) is 18.8 Å². The van der Waals surface area contributed by atoms with Crippen LogP contribution in [-0.2, 0) is 25.5 Å². The summed E-state index contributed by atoms with van der Waals surface area (Å²) < 4.78 is 18.6. The number of aryl methyl sites for hydroxylation is 1. The van der Waals surface area contributed by atoms with Crippen LogP contribution >= 0.6 is 0 Å². The Morgan fingerprint density at radius 1 is 1.03 bits per heavy atom. The van der Waals surface area contributed by atoms with Crippen molar-refractivity contribution in [3.8, 4) is 0 Å². The Bertz CT molecular complexity index is 1120. The van der Waals surface area contributed by atoms with Crippen LogP contribution < -0.4 is 10.6 Å². The van der Waals surface area contributed by atoms with Crippen molar-refractivity contribution < 1.29 is 23.5 Å². The molecule has 3 aromatic rings. The first-order valence-electron chi connectivity index (χ1n) is 9.83. The Kier molecular flexibility index (Phi) is 6.97. The fourth-order valence-corrected chi connectivity index (χ4v) is 3.06. The fourth-order valence-electron chi connectivity index (χ4n) is 3.06. The van der Waals surface area contributed by atoms with E-state index in [-0.39, 0.29) is 24.6 Å². The van der Waals surface area contributed by atoms with E-state index in [2.05, 4.69) is 10.6 Å². The Morgan fingerprint density at radius 3 is 2.55 bits per heavy atom. The lowest BCUT2D eigenvalue weighted by atomic mass is 10.0. The molecule has 7 heteroatoms. The molecule has 160 valence electrons. The van der Waals surface area contributed by atoms with Crippen molar-refractivity contribution >= 4 is 34.2 Å². The summed E-state index contributed by atoms with van der Waals surface area (Å²) in [5, 5.41) is 7.00. The number of esters is 1. The Morgan fingerprint density at radius 2 is 1.77 bits per heavy atom. The summed E-state index contributed by atoms with van der Waals surface area (Å²) in [6.07, 6.45) is -0.990. The van der Waals surface area contributed by atoms with Crippen LogP contribution in [0.5, 0.6) is 0 Å². The van der Waals surface area contributed by atoms with Crippen molar-refractivity contribution in [2.24, 2.45) is 0 Å². The molecule has 0 radical (unpaired) electrons. The molecule has 0 aromatic heterocycles. The topological polar surface area (TPSA) is 84.5 Å². The molecule has 0 heterocycles. The number of halogens is 1. The van der Waals surface area contributed by atoms with Crippen molar-refractivity contribution in [1.82, 2.24) is 5.32 Å². The number of hydrogen-bond acceptors (Lipinski definition) is 4. The number of benzene rings is 3. The van der Waals surface area contributed by atoms with Crippen LogP contribution in [0.3, 0.4) is 0 Å². The second kappa shape index (κ2) is 9.84. The van der Waals surface area contributed by atoms with E-state index in [4.69, 9.17) is 4.74 Å². The number of carbonyl (C=O) groups is 3. The zero-order valence-electron chi connectivity index (χ0n) is 17.3. The molecule has 0 spiro atoms. The van der Waals surface area contributed by atoms with E-state index in [0.29, 0.717) is 5.56 Å². The highest BCUT2D eigenvalue weighted by molar-refractivity contribution is 5.95. The van der Waals surface area contributed by atoms with Gasteiger partial charge in [-0.25, -0.2) is 4.39 Å². The van der Waals surface area contributed by atoms with Crippen LogP contribution in [-0.4, -0.2) is 30.4 Å². The van der Waals surface area contributed by atoms with Crippen LogP contribution in [0.4, 0.5) is 10.1 Å². The number of nitrogens with one attached hydrogen (secondary N) is 2. The van der Waals surface area contributed by atoms with E-state index in [1.807, 2.05) is 42.5 Å². The predicted octanol–water partition coefficient (Wildman–Crippen LogP) is 3.52. The van der Waals surface area contributed by atoms with Crippen LogP contribution in [0.2, 0.25) is 0 Å². The predicted molar refractivity (Wildman–Crippen MR) is 116 cm³/mol. The second-order valence-electron chi connectivity index (χ2n) is 7.18. The van der Waals surface area contributed by atoms with Gasteiger partial charge in [-0.2, -0.15) is 0 Å². The third-order valence-corrected chi connectivity index (χ3v) is 4.78. The lowest BCUT2D eigenvalue weighted by Crippen LogP contribution is -2.36. The third kappa shape index (κ3) is 5.88. The third-order valence-electron chi connectivity index (χ3n) is 4.78. The summed E-state index contributed by atoms with van der Waals surface area (Å²) >= 11 is 0. The van der Waals surface area contributed by atoms with Gasteiger partial charge in [-0.1, -0.05) is 48.5 Å². The lowest BCUT2D eigenvalue weighted by molar-refractivity contribution is -0.152. The molecular weight excluding hydrogens is 399 g/mol. The minimum absolute atomic E-state index is 0.115. The molecule has 0 aliphatic heterocycles. The standard InChI is InChI=1S/C24H23FN2O4/c1-15-10-11-19(13-21(15)25)27-24(30)16(2)31-23(29)14-26-22(28)12-18-8-5-7-17-6-3-4-9-20(17)18/h3-11,13,16H,12,14H2,1-2H3,(H,26,28)(H,27,30)/t16-/m0/s1. The average Bonchev–Trinajstić information content (AvgIpc) is 2.75. The largest absolute Gasteiger partial charge is 0.451 e. The average molecular weight is 422 g/mol. The minimum atomic E-state index is -1.10. The van der Waals surface area contributed by atoms with E-state index in [0.717, 1.165) is 16.3 Å². The quantitative estimate of drug-likeness (QED) is 0.571. The van der Waals surface area contributed by atoms with Gasteiger partial charge in [0.15, 0.2) is 6.10 Å². The van der Waals surface area contributed by atoms with Crippen LogP contribution in [0.1, 0.15) is 18.1 Å². The molecule has 31 heavy (non-hydrogen) atoms. The molecule has 3 rings (SSSR count). The van der Waals surface area contributed by atoms with E-state index in [1.165, 1.54) is 19.1 Å². The number of hydrogen-bond donors (Lipinski definition) is 2. The minimum Gasteiger partial charge on any atom is -0.451 e. The van der Waals surface area contributed by atoms with Gasteiger partial charge < -0.3 is 15.4 Å². The van der Waals surface area contributed by atoms with Crippen molar-refractivity contribution in [1.29, 1.82) is 0 Å². The van der Waals surface area contributed by atoms with Gasteiger partial charge in [0.1, 0.15) is 12.4 Å². The van der Waals surface area contributed by atoms with Gasteiger partial charge in [0.2, 0.25) is 5.91 Å². The maximum Gasteiger partial charge on any atom is 0.326 e. The molecule has 1 atom stereocenters. The molecule has 0 unspecified atom stereocenters. The first-order valence-corrected chi connectivity index (χ1v) is 9.83. The van der Waals surface area contributed by atoms with E-state index >= 15 is 0 Å². The van der Waals surface area contributed by atoms with Gasteiger partial charge in [-0.3, -0.25) is 14.4 Å². The van der Waals surface area contributed by atoms with Crippen molar-refractivity contribution in [2.75, 3.05) is 11.9 Å². The molecule has 0 saturated carbocycles. The smallest absolute Gasteiger partial charge is 0.326 e. The van der Waals surface area contributed by atoms with Crippen molar-refractivity contribution in [2.45, 2.75) is 26.4 Å². The van der Waals surface area contributed by atoms with Gasteiger partial charge in [0, 0.05) is 5.69 Å². The number of amides is 2. The van der Waals surface area contributed by atoms with Crippen LogP contribution in [0.15, 0.2) is 60.7 Å². The molecule has 0 saturated heterocycles. The summed E-state index contributed by atoms with van der Waals surface area (Å²) in [5.41, 5.74) is 1.57. The number of anilines is 1. The number of fused-ring (bicyclic) bond motifs is 1. The summed E-state index contributed by atoms with van der Waals surface area (Å²) in [6.45, 7) is 2.65. The monoisotopic (exact) mass is 422 g/mol. The summed E-state index contributed by atoms with van der Waals surface area (Å²) in [6, 6.07) is 17.7. The maximum atomic E-state index is 13.6. The molecule has 2 amide bonds. The summed E-state index contributed by atoms with van der Waals surface area (Å²) in [4.78, 5) is 36.4. The van der Waals surface area contributed by atoms with Crippen LogP contribution in [0, 0.1) is 12.7 Å². The summed E-state index contributed by atoms with van der Waals surface area (Å²) in [7, 11) is 0. The second-order valence-corrected chi connectivity index (χ2v) is 7.18. The molecule has 3 aromatic carbocycles. The van der Waals surface area contributed by atoms with Gasteiger partial charge in [-0.05, 0) is 47.9 Å². The van der Waals surface area contributed by atoms with E-state index in [1.54, 1.807) is 13.0 Å². The number of rotatable bonds is 7. The Labute approximate surface area is 179 Å². The molecular formula is C24H23FN2O4. The maximum absolute atomic E-state index is 13.6. The highest BCUT2D eigenvalue weighted by Gasteiger charge is 2.19. The van der Waals surface area contributed by atoms with E-state index < -0.39 is 23.8 Å². The van der Waals surface area contributed by atoms with Crippen molar-refractivity contribution in [3.05, 3.63) is 77.6 Å². The Hall–Kier alpha value is -3.74. The molecule has 2 N–H and O–H groups in total. The fraction of sp³-hybridized carbons (Fsp3) is 0.208. The molecule has 0 aliphatic rings. The van der Waals surface area contributed by atoms with Gasteiger partial charge in [0.25, 0.3) is 5.91 Å². The normalized spacial score (nSPS) is 11.6. The van der Waals surface area contributed by atoms with Gasteiger partial charge in [-0.15, -0.1) is 0 Å². The molecule has 0 bridgehead atoms. The number of ether oxygens (including phenoxy) is 1. The highest BCUT2D eigenvalue weighted by Crippen LogP contribution is 2.19. The highest BCUT2D eigenvalue weighted by atomic mass is 19.1. The molecule has 0 aliphatic carbocycles. The van der Waals surface area contributed by atoms with Crippen molar-refractivity contribution in [3.63, 3.8) is 0 Å². The first kappa shape index (κ1) is 22.0. The number of carbonyl (C=O) groups excluding carboxylic acids is 3. The lowest BCUT2D eigenvalue weighted by Gasteiger charge is -2.14. The van der Waals surface area contributed by atoms with Gasteiger partial charge in [0.05, 0.1) is 6.42 Å². The Balaban J connectivity index is 1.48. The zero-order chi connectivity index (χ0) is 22.4. The molecule has 0 fully saturated rings. The summed E-state index contributed by atoms with van der Waals surface area (Å²) in [5.74, 6) is -2.13. The molecule has 6 nitrogen and oxygen atoms in total. The SMILES string of the molecule is Cc1ccc(NC(=O)[C@H](C)OC(=O)CNC(=O)Cc2cccc3ccccc23)cc1F. The van der Waals surface area contributed by atoms with Gasteiger partial charge >= 0.3 is 5.97 Å². The van der Waals surface area contributed by atoms with Crippen LogP contribution in [0.25, 0.3) is 10.8 Å². The zero-order valence-corrected chi connectivity index (χ0v) is 17.3. The first-order chi connectivity index (χ1) is 14.8.